The molecule has 1 aromatic carbocycles. The number of likely N-dealkylation sites (N-methyl/N-ethyl adjacent to an activating group) is 1. The third-order valence-corrected chi connectivity index (χ3v) is 3.96. The lowest BCUT2D eigenvalue weighted by Gasteiger charge is -2.34. The summed E-state index contributed by atoms with van der Waals surface area (Å²) in [5.41, 5.74) is 5.94. The molecule has 4 heteroatoms. The van der Waals surface area contributed by atoms with Crippen LogP contribution >= 0.6 is 0 Å². The Balaban J connectivity index is 2.99. The maximum absolute atomic E-state index is 12.2. The van der Waals surface area contributed by atoms with Crippen molar-refractivity contribution in [3.8, 4) is 0 Å². The molecule has 1 amide bonds. The molecular formula is C17H29N3O. The zero-order chi connectivity index (χ0) is 15.7. The van der Waals surface area contributed by atoms with Gasteiger partial charge in [0.05, 0.1) is 0 Å². The molecule has 0 fully saturated rings. The van der Waals surface area contributed by atoms with Gasteiger partial charge in [0.25, 0.3) is 0 Å². The van der Waals surface area contributed by atoms with Crippen molar-refractivity contribution in [1.82, 2.24) is 10.2 Å². The topological polar surface area (TPSA) is 58.4 Å². The van der Waals surface area contributed by atoms with Crippen LogP contribution in [0.3, 0.4) is 0 Å². The van der Waals surface area contributed by atoms with Gasteiger partial charge in [-0.15, -0.1) is 0 Å². The number of hydrogen-bond acceptors (Lipinski definition) is 3. The molecule has 0 saturated heterocycles. The van der Waals surface area contributed by atoms with Gasteiger partial charge in [0.2, 0.25) is 5.91 Å². The number of nitrogens with one attached hydrogen (secondary N) is 1. The minimum atomic E-state index is -0.781. The normalized spacial score (nSPS) is 14.1. The molecule has 0 saturated carbocycles. The van der Waals surface area contributed by atoms with Crippen molar-refractivity contribution in [3.05, 3.63) is 35.9 Å². The van der Waals surface area contributed by atoms with E-state index in [0.717, 1.165) is 31.6 Å². The number of nitrogens with zero attached hydrogens (tertiary/aromatic N) is 1. The van der Waals surface area contributed by atoms with Crippen LogP contribution in [0, 0.1) is 0 Å². The molecule has 1 atom stereocenters. The number of rotatable bonds is 10. The Bertz CT molecular complexity index is 421. The van der Waals surface area contributed by atoms with Crippen LogP contribution in [0.15, 0.2) is 30.3 Å². The lowest BCUT2D eigenvalue weighted by atomic mass is 9.85. The Morgan fingerprint density at radius 1 is 1.19 bits per heavy atom. The third kappa shape index (κ3) is 4.55. The first-order valence-electron chi connectivity index (χ1n) is 7.93. The largest absolute Gasteiger partial charge is 0.368 e. The minimum Gasteiger partial charge on any atom is -0.368 e. The molecule has 1 aromatic rings. The van der Waals surface area contributed by atoms with E-state index in [4.69, 9.17) is 5.73 Å². The molecular weight excluding hydrogens is 262 g/mol. The van der Waals surface area contributed by atoms with E-state index in [1.807, 2.05) is 37.3 Å². The van der Waals surface area contributed by atoms with Crippen molar-refractivity contribution in [2.75, 3.05) is 26.2 Å². The lowest BCUT2D eigenvalue weighted by molar-refractivity contribution is -0.125. The van der Waals surface area contributed by atoms with Gasteiger partial charge in [0, 0.05) is 6.54 Å². The summed E-state index contributed by atoms with van der Waals surface area (Å²) in [4.78, 5) is 14.6. The van der Waals surface area contributed by atoms with E-state index >= 15 is 0 Å². The van der Waals surface area contributed by atoms with Crippen molar-refractivity contribution in [3.63, 3.8) is 0 Å². The van der Waals surface area contributed by atoms with E-state index in [1.54, 1.807) is 0 Å². The number of carbonyl (C=O) groups is 1. The maximum atomic E-state index is 12.2. The van der Waals surface area contributed by atoms with Crippen LogP contribution in [0.5, 0.6) is 0 Å². The molecule has 0 aliphatic rings. The van der Waals surface area contributed by atoms with Crippen LogP contribution in [0.1, 0.15) is 39.2 Å². The summed E-state index contributed by atoms with van der Waals surface area (Å²) in [5, 5.41) is 3.33. The zero-order valence-electron chi connectivity index (χ0n) is 13.6. The van der Waals surface area contributed by atoms with Crippen LogP contribution in [0.2, 0.25) is 0 Å². The number of benzene rings is 1. The highest BCUT2D eigenvalue weighted by molar-refractivity contribution is 5.86. The SMILES string of the molecule is CCCN(CC)CCC(NCC)(C(N)=O)c1ccccc1. The molecule has 0 aromatic heterocycles. The van der Waals surface area contributed by atoms with Gasteiger partial charge in [0.1, 0.15) is 5.54 Å². The van der Waals surface area contributed by atoms with Gasteiger partial charge in [-0.1, -0.05) is 51.1 Å². The molecule has 3 N–H and O–H groups in total. The quantitative estimate of drug-likeness (QED) is 0.694. The average molecular weight is 291 g/mol. The summed E-state index contributed by atoms with van der Waals surface area (Å²) in [7, 11) is 0. The molecule has 0 spiro atoms. The smallest absolute Gasteiger partial charge is 0.242 e. The summed E-state index contributed by atoms with van der Waals surface area (Å²) in [6.07, 6.45) is 1.80. The molecule has 0 heterocycles. The fourth-order valence-corrected chi connectivity index (χ4v) is 2.78. The van der Waals surface area contributed by atoms with E-state index in [2.05, 4.69) is 24.1 Å². The number of hydrogen-bond donors (Lipinski definition) is 2. The van der Waals surface area contributed by atoms with Crippen LogP contribution in [-0.4, -0.2) is 37.0 Å². The first-order chi connectivity index (χ1) is 10.1. The Kier molecular flexibility index (Phi) is 7.40. The molecule has 4 nitrogen and oxygen atoms in total. The van der Waals surface area contributed by atoms with Gasteiger partial charge in [-0.05, 0) is 38.0 Å². The Hall–Kier alpha value is -1.39. The van der Waals surface area contributed by atoms with Crippen molar-refractivity contribution >= 4 is 5.91 Å². The van der Waals surface area contributed by atoms with Gasteiger partial charge in [-0.25, -0.2) is 0 Å². The standard InChI is InChI=1S/C17H29N3O/c1-4-13-20(6-3)14-12-17(16(18)21,19-5-2)15-10-8-7-9-11-15/h7-11,19H,4-6,12-14H2,1-3H3,(H2,18,21). The van der Waals surface area contributed by atoms with Gasteiger partial charge < -0.3 is 10.6 Å². The molecule has 118 valence electrons. The Morgan fingerprint density at radius 2 is 1.86 bits per heavy atom. The monoisotopic (exact) mass is 291 g/mol. The fraction of sp³-hybridized carbons (Fsp3) is 0.588. The molecule has 0 radical (unpaired) electrons. The second-order valence-electron chi connectivity index (χ2n) is 5.35. The molecule has 1 rings (SSSR count). The zero-order valence-corrected chi connectivity index (χ0v) is 13.6. The highest BCUT2D eigenvalue weighted by Gasteiger charge is 2.37. The summed E-state index contributed by atoms with van der Waals surface area (Å²) < 4.78 is 0. The second-order valence-corrected chi connectivity index (χ2v) is 5.35. The van der Waals surface area contributed by atoms with E-state index < -0.39 is 5.54 Å². The number of amides is 1. The van der Waals surface area contributed by atoms with E-state index in [-0.39, 0.29) is 5.91 Å². The van der Waals surface area contributed by atoms with Gasteiger partial charge in [-0.2, -0.15) is 0 Å². The summed E-state index contributed by atoms with van der Waals surface area (Å²) in [6, 6.07) is 9.81. The predicted molar refractivity (Wildman–Crippen MR) is 88.0 cm³/mol. The maximum Gasteiger partial charge on any atom is 0.242 e. The number of primary amides is 1. The lowest BCUT2D eigenvalue weighted by Crippen LogP contribution is -2.54. The molecule has 21 heavy (non-hydrogen) atoms. The van der Waals surface area contributed by atoms with Crippen molar-refractivity contribution < 1.29 is 4.79 Å². The fourth-order valence-electron chi connectivity index (χ4n) is 2.78. The first kappa shape index (κ1) is 17.7. The van der Waals surface area contributed by atoms with Gasteiger partial charge >= 0.3 is 0 Å². The summed E-state index contributed by atoms with van der Waals surface area (Å²) in [6.45, 7) is 9.93. The van der Waals surface area contributed by atoms with Crippen LogP contribution in [0.25, 0.3) is 0 Å². The van der Waals surface area contributed by atoms with Crippen molar-refractivity contribution in [2.45, 2.75) is 39.2 Å². The van der Waals surface area contributed by atoms with Gasteiger partial charge in [0.15, 0.2) is 0 Å². The first-order valence-corrected chi connectivity index (χ1v) is 7.93. The summed E-state index contributed by atoms with van der Waals surface area (Å²) >= 11 is 0. The van der Waals surface area contributed by atoms with Crippen molar-refractivity contribution in [2.24, 2.45) is 5.73 Å². The highest BCUT2D eigenvalue weighted by Crippen LogP contribution is 2.25. The van der Waals surface area contributed by atoms with Crippen LogP contribution < -0.4 is 11.1 Å². The Morgan fingerprint density at radius 3 is 2.33 bits per heavy atom. The molecule has 0 aliphatic carbocycles. The number of carbonyl (C=O) groups excluding carboxylic acids is 1. The minimum absolute atomic E-state index is 0.303. The highest BCUT2D eigenvalue weighted by atomic mass is 16.1. The number of nitrogens with two attached hydrogens (primary N) is 1. The third-order valence-electron chi connectivity index (χ3n) is 3.96. The average Bonchev–Trinajstić information content (AvgIpc) is 2.50. The van der Waals surface area contributed by atoms with E-state index in [9.17, 15) is 4.79 Å². The molecule has 0 bridgehead atoms. The van der Waals surface area contributed by atoms with E-state index in [1.165, 1.54) is 0 Å². The molecule has 1 unspecified atom stereocenters. The van der Waals surface area contributed by atoms with Crippen LogP contribution in [-0.2, 0) is 10.3 Å². The van der Waals surface area contributed by atoms with Crippen molar-refractivity contribution in [1.29, 1.82) is 0 Å². The summed E-state index contributed by atoms with van der Waals surface area (Å²) in [5.74, 6) is -0.303. The van der Waals surface area contributed by atoms with Crippen LogP contribution in [0.4, 0.5) is 0 Å². The second kappa shape index (κ2) is 8.80. The van der Waals surface area contributed by atoms with E-state index in [0.29, 0.717) is 13.0 Å². The predicted octanol–water partition coefficient (Wildman–Crippen LogP) is 2.10. The Labute approximate surface area is 128 Å². The van der Waals surface area contributed by atoms with Gasteiger partial charge in [-0.3, -0.25) is 10.1 Å². The molecule has 0 aliphatic heterocycles.